The predicted octanol–water partition coefficient (Wildman–Crippen LogP) is 0.916. The van der Waals surface area contributed by atoms with Crippen LogP contribution < -0.4 is 16.4 Å². The van der Waals surface area contributed by atoms with Crippen molar-refractivity contribution in [1.82, 2.24) is 20.6 Å². The summed E-state index contributed by atoms with van der Waals surface area (Å²) in [5.41, 5.74) is 5.07. The number of ether oxygens (including phenoxy) is 2. The van der Waals surface area contributed by atoms with Crippen LogP contribution >= 0.6 is 0 Å². The molecule has 1 saturated heterocycles. The Hall–Kier alpha value is -2.36. The number of carbonyl (C=O) groups excluding carboxylic acids is 1. The minimum absolute atomic E-state index is 0.165. The zero-order valence-electron chi connectivity index (χ0n) is 15.9. The van der Waals surface area contributed by atoms with Crippen LogP contribution in [-0.4, -0.2) is 55.1 Å². The largest absolute Gasteiger partial charge is 0.492 e. The summed E-state index contributed by atoms with van der Waals surface area (Å²) in [4.78, 5) is 20.2. The third-order valence-corrected chi connectivity index (χ3v) is 5.00. The standard InChI is InChI=1S/C19H26FN5O3/c1-27-19(20)5-2-3-14(13-19)28-12-11-24-18(6-9-22-10-7-18)17-23-8-4-15(25-17)16(21)26/h2-4,8,13,22,24H,5-7,9-12H2,1H3,(H2,21,26). The highest BCUT2D eigenvalue weighted by Crippen LogP contribution is 2.29. The second kappa shape index (κ2) is 8.76. The van der Waals surface area contributed by atoms with Crippen LogP contribution in [0.5, 0.6) is 0 Å². The van der Waals surface area contributed by atoms with Crippen LogP contribution in [0.1, 0.15) is 35.6 Å². The Morgan fingerprint density at radius 2 is 2.21 bits per heavy atom. The van der Waals surface area contributed by atoms with Crippen molar-refractivity contribution < 1.29 is 18.7 Å². The lowest BCUT2D eigenvalue weighted by Crippen LogP contribution is -2.52. The number of nitrogens with two attached hydrogens (primary N) is 1. The Morgan fingerprint density at radius 1 is 1.43 bits per heavy atom. The van der Waals surface area contributed by atoms with Gasteiger partial charge in [0.2, 0.25) is 5.85 Å². The van der Waals surface area contributed by atoms with Crippen molar-refractivity contribution in [3.8, 4) is 0 Å². The topological polar surface area (TPSA) is 111 Å². The Bertz CT molecular complexity index is 764. The molecule has 0 radical (unpaired) electrons. The zero-order valence-corrected chi connectivity index (χ0v) is 15.9. The molecule has 2 aliphatic rings. The van der Waals surface area contributed by atoms with Gasteiger partial charge in [-0.3, -0.25) is 4.79 Å². The van der Waals surface area contributed by atoms with E-state index in [0.717, 1.165) is 25.9 Å². The molecule has 1 aromatic heterocycles. The molecule has 3 rings (SSSR count). The maximum Gasteiger partial charge on any atom is 0.267 e. The smallest absolute Gasteiger partial charge is 0.267 e. The highest BCUT2D eigenvalue weighted by Gasteiger charge is 2.36. The van der Waals surface area contributed by atoms with Gasteiger partial charge in [-0.05, 0) is 38.1 Å². The summed E-state index contributed by atoms with van der Waals surface area (Å²) in [5.74, 6) is -1.43. The second-order valence-electron chi connectivity index (χ2n) is 6.88. The summed E-state index contributed by atoms with van der Waals surface area (Å²) >= 11 is 0. The number of nitrogens with one attached hydrogen (secondary N) is 2. The summed E-state index contributed by atoms with van der Waals surface area (Å²) < 4.78 is 24.8. The molecule has 1 aromatic rings. The Labute approximate surface area is 163 Å². The van der Waals surface area contributed by atoms with Crippen LogP contribution in [0.15, 0.2) is 36.3 Å². The zero-order chi connectivity index (χ0) is 20.0. The first-order chi connectivity index (χ1) is 13.5. The quantitative estimate of drug-likeness (QED) is 0.565. The summed E-state index contributed by atoms with van der Waals surface area (Å²) in [6, 6.07) is 1.50. The molecular formula is C19H26FN5O3. The number of piperidine rings is 1. The molecule has 1 amide bonds. The van der Waals surface area contributed by atoms with Crippen molar-refractivity contribution >= 4 is 5.91 Å². The lowest BCUT2D eigenvalue weighted by Gasteiger charge is -2.37. The molecule has 0 bridgehead atoms. The molecule has 152 valence electrons. The van der Waals surface area contributed by atoms with Gasteiger partial charge in [-0.1, -0.05) is 6.08 Å². The fraction of sp³-hybridized carbons (Fsp3) is 0.526. The van der Waals surface area contributed by atoms with Crippen molar-refractivity contribution in [1.29, 1.82) is 0 Å². The number of amides is 1. The van der Waals surface area contributed by atoms with Crippen molar-refractivity contribution in [2.75, 3.05) is 33.4 Å². The third kappa shape index (κ3) is 4.73. The number of alkyl halides is 1. The van der Waals surface area contributed by atoms with E-state index in [2.05, 4.69) is 20.6 Å². The van der Waals surface area contributed by atoms with Gasteiger partial charge in [-0.25, -0.2) is 14.4 Å². The number of hydrogen-bond acceptors (Lipinski definition) is 7. The normalized spacial score (nSPS) is 23.9. The molecule has 9 heteroatoms. The van der Waals surface area contributed by atoms with Crippen LogP contribution in [0.3, 0.4) is 0 Å². The number of methoxy groups -OCH3 is 1. The van der Waals surface area contributed by atoms with E-state index in [1.807, 2.05) is 0 Å². The van der Waals surface area contributed by atoms with Gasteiger partial charge in [0.1, 0.15) is 23.9 Å². The van der Waals surface area contributed by atoms with Crippen LogP contribution in [0.25, 0.3) is 0 Å². The fourth-order valence-corrected chi connectivity index (χ4v) is 3.41. The number of carbonyl (C=O) groups is 1. The van der Waals surface area contributed by atoms with E-state index < -0.39 is 17.3 Å². The maximum atomic E-state index is 14.2. The van der Waals surface area contributed by atoms with Gasteiger partial charge >= 0.3 is 0 Å². The first-order valence-electron chi connectivity index (χ1n) is 9.32. The summed E-state index contributed by atoms with van der Waals surface area (Å²) in [6.45, 7) is 2.43. The molecule has 1 fully saturated rings. The Morgan fingerprint density at radius 3 is 2.93 bits per heavy atom. The van der Waals surface area contributed by atoms with Crippen molar-refractivity contribution in [3.63, 3.8) is 0 Å². The number of primary amides is 1. The van der Waals surface area contributed by atoms with Crippen LogP contribution in [0, 0.1) is 0 Å². The Kier molecular flexibility index (Phi) is 6.38. The maximum absolute atomic E-state index is 14.2. The molecule has 0 spiro atoms. The molecule has 4 N–H and O–H groups in total. The molecule has 8 nitrogen and oxygen atoms in total. The van der Waals surface area contributed by atoms with E-state index in [-0.39, 0.29) is 12.1 Å². The minimum Gasteiger partial charge on any atom is -0.492 e. The molecule has 1 atom stereocenters. The fourth-order valence-electron chi connectivity index (χ4n) is 3.41. The molecule has 1 aliphatic heterocycles. The van der Waals surface area contributed by atoms with E-state index in [1.165, 1.54) is 19.3 Å². The molecule has 1 aliphatic carbocycles. The van der Waals surface area contributed by atoms with Crippen molar-refractivity contribution in [2.24, 2.45) is 5.73 Å². The number of allylic oxidation sites excluding steroid dienone is 1. The van der Waals surface area contributed by atoms with Gasteiger partial charge in [0.15, 0.2) is 0 Å². The van der Waals surface area contributed by atoms with E-state index in [4.69, 9.17) is 15.2 Å². The lowest BCUT2D eigenvalue weighted by atomic mass is 9.87. The van der Waals surface area contributed by atoms with E-state index >= 15 is 0 Å². The summed E-state index contributed by atoms with van der Waals surface area (Å²) in [6.07, 6.45) is 7.99. The Balaban J connectivity index is 1.65. The van der Waals surface area contributed by atoms with Gasteiger partial charge in [0, 0.05) is 32.3 Å². The molecular weight excluding hydrogens is 365 g/mol. The van der Waals surface area contributed by atoms with Gasteiger partial charge in [-0.15, -0.1) is 0 Å². The second-order valence-corrected chi connectivity index (χ2v) is 6.88. The molecule has 0 aromatic carbocycles. The van der Waals surface area contributed by atoms with Gasteiger partial charge < -0.3 is 25.8 Å². The summed E-state index contributed by atoms with van der Waals surface area (Å²) in [7, 11) is 1.33. The monoisotopic (exact) mass is 391 g/mol. The SMILES string of the molecule is COC1(F)C=C(OCCNC2(c3nccc(C(N)=O)n3)CCNCC2)C=CC1. The molecule has 28 heavy (non-hydrogen) atoms. The summed E-state index contributed by atoms with van der Waals surface area (Å²) in [5, 5.41) is 6.79. The van der Waals surface area contributed by atoms with Gasteiger partial charge in [0.05, 0.1) is 5.54 Å². The average molecular weight is 391 g/mol. The first-order valence-corrected chi connectivity index (χ1v) is 9.32. The minimum atomic E-state index is -1.82. The lowest BCUT2D eigenvalue weighted by molar-refractivity contribution is -0.0797. The molecule has 2 heterocycles. The van der Waals surface area contributed by atoms with E-state index in [0.29, 0.717) is 24.7 Å². The highest BCUT2D eigenvalue weighted by molar-refractivity contribution is 5.90. The van der Waals surface area contributed by atoms with Gasteiger partial charge in [0.25, 0.3) is 5.91 Å². The van der Waals surface area contributed by atoms with Crippen molar-refractivity contribution in [3.05, 3.63) is 47.8 Å². The highest BCUT2D eigenvalue weighted by atomic mass is 19.2. The molecule has 1 unspecified atom stereocenters. The van der Waals surface area contributed by atoms with Crippen molar-refractivity contribution in [2.45, 2.75) is 30.7 Å². The van der Waals surface area contributed by atoms with Crippen LogP contribution in [0.4, 0.5) is 4.39 Å². The number of rotatable bonds is 8. The predicted molar refractivity (Wildman–Crippen MR) is 101 cm³/mol. The molecule has 0 saturated carbocycles. The third-order valence-electron chi connectivity index (χ3n) is 5.00. The number of hydrogen-bond donors (Lipinski definition) is 3. The number of nitrogens with zero attached hydrogens (tertiary/aromatic N) is 2. The van der Waals surface area contributed by atoms with Crippen LogP contribution in [0.2, 0.25) is 0 Å². The first kappa shape index (κ1) is 20.4. The van der Waals surface area contributed by atoms with E-state index in [9.17, 15) is 9.18 Å². The number of aromatic nitrogens is 2. The van der Waals surface area contributed by atoms with Gasteiger partial charge in [-0.2, -0.15) is 0 Å². The van der Waals surface area contributed by atoms with E-state index in [1.54, 1.807) is 18.3 Å². The average Bonchev–Trinajstić information content (AvgIpc) is 2.72. The number of halogens is 1. The van der Waals surface area contributed by atoms with Crippen LogP contribution in [-0.2, 0) is 15.0 Å².